The van der Waals surface area contributed by atoms with E-state index in [4.69, 9.17) is 14.5 Å². The molecule has 0 unspecified atom stereocenters. The fraction of sp³-hybridized carbons (Fsp3) is 0.316. The molecular weight excluding hydrogens is 396 g/mol. The number of benzene rings is 1. The molecule has 1 aromatic carbocycles. The number of nitrogens with one attached hydrogen (secondary N) is 1. The largest absolute Gasteiger partial charge is 0.346 e. The van der Waals surface area contributed by atoms with Gasteiger partial charge in [0, 0.05) is 21.9 Å². The molecule has 2 aliphatic rings. The Morgan fingerprint density at radius 3 is 2.85 bits per heavy atom. The third-order valence-corrected chi connectivity index (χ3v) is 4.76. The van der Waals surface area contributed by atoms with Crippen molar-refractivity contribution in [2.45, 2.75) is 12.7 Å². The normalized spacial score (nSPS) is 20.2. The van der Waals surface area contributed by atoms with Crippen LogP contribution in [0.1, 0.15) is 18.2 Å². The maximum absolute atomic E-state index is 5.63. The molecule has 6 nitrogen and oxygen atoms in total. The van der Waals surface area contributed by atoms with Crippen molar-refractivity contribution in [2.24, 2.45) is 9.98 Å². The Hall–Kier alpha value is -2.09. The number of ether oxygens (including phenoxy) is 2. The van der Waals surface area contributed by atoms with Gasteiger partial charge in [-0.25, -0.2) is 0 Å². The highest BCUT2D eigenvalue weighted by Gasteiger charge is 2.31. The van der Waals surface area contributed by atoms with Gasteiger partial charge in [0.1, 0.15) is 5.84 Å². The second-order valence-electron chi connectivity index (χ2n) is 6.29. The molecule has 2 aliphatic heterocycles. The topological polar surface area (TPSA) is 68.1 Å². The van der Waals surface area contributed by atoms with Crippen LogP contribution in [0.4, 0.5) is 5.69 Å². The smallest absolute Gasteiger partial charge is 0.185 e. The monoisotopic (exact) mass is 414 g/mol. The zero-order valence-corrected chi connectivity index (χ0v) is 16.0. The maximum atomic E-state index is 5.63. The van der Waals surface area contributed by atoms with E-state index < -0.39 is 5.79 Å². The van der Waals surface area contributed by atoms with Crippen LogP contribution in [0, 0.1) is 0 Å². The average molecular weight is 415 g/mol. The predicted molar refractivity (Wildman–Crippen MR) is 105 cm³/mol. The lowest BCUT2D eigenvalue weighted by Gasteiger charge is -2.20. The van der Waals surface area contributed by atoms with Gasteiger partial charge in [-0.2, -0.15) is 0 Å². The van der Waals surface area contributed by atoms with Crippen LogP contribution in [-0.4, -0.2) is 48.6 Å². The quantitative estimate of drug-likeness (QED) is 0.836. The number of pyridine rings is 1. The summed E-state index contributed by atoms with van der Waals surface area (Å²) in [5, 5.41) is 3.40. The first-order valence-electron chi connectivity index (χ1n) is 8.47. The third kappa shape index (κ3) is 3.70. The molecule has 1 fully saturated rings. The highest BCUT2D eigenvalue weighted by atomic mass is 79.9. The molecule has 7 heteroatoms. The van der Waals surface area contributed by atoms with Crippen molar-refractivity contribution in [3.05, 3.63) is 58.3 Å². The van der Waals surface area contributed by atoms with Gasteiger partial charge in [0.05, 0.1) is 37.7 Å². The van der Waals surface area contributed by atoms with Gasteiger partial charge in [0.15, 0.2) is 5.79 Å². The summed E-state index contributed by atoms with van der Waals surface area (Å²) in [4.78, 5) is 13.9. The first kappa shape index (κ1) is 17.3. The summed E-state index contributed by atoms with van der Waals surface area (Å²) in [6.45, 7) is 3.99. The number of fused-ring (bicyclic) bond motifs is 1. The van der Waals surface area contributed by atoms with Gasteiger partial charge in [0.25, 0.3) is 0 Å². The number of aromatic nitrogens is 1. The molecule has 4 rings (SSSR count). The Morgan fingerprint density at radius 2 is 2.08 bits per heavy atom. The summed E-state index contributed by atoms with van der Waals surface area (Å²) in [5.74, 6) is 0.122. The third-order valence-electron chi connectivity index (χ3n) is 4.27. The molecule has 0 saturated carbocycles. The summed E-state index contributed by atoms with van der Waals surface area (Å²) in [7, 11) is 0. The van der Waals surface area contributed by atoms with Gasteiger partial charge in [-0.15, -0.1) is 0 Å². The molecule has 0 aliphatic carbocycles. The van der Waals surface area contributed by atoms with Crippen molar-refractivity contribution in [1.82, 2.24) is 4.98 Å². The minimum atomic E-state index is -0.656. The number of rotatable bonds is 3. The minimum Gasteiger partial charge on any atom is -0.346 e. The molecule has 3 heterocycles. The summed E-state index contributed by atoms with van der Waals surface area (Å²) in [6.07, 6.45) is 1.78. The predicted octanol–water partition coefficient (Wildman–Crippen LogP) is 3.27. The first-order chi connectivity index (χ1) is 12.6. The molecule has 2 aromatic rings. The number of amidine groups is 1. The van der Waals surface area contributed by atoms with Crippen molar-refractivity contribution in [2.75, 3.05) is 31.6 Å². The number of hydrogen-bond donors (Lipinski definition) is 1. The second-order valence-corrected chi connectivity index (χ2v) is 7.20. The number of benzodiazepines with no additional fused rings is 1. The van der Waals surface area contributed by atoms with Crippen molar-refractivity contribution >= 4 is 33.2 Å². The Morgan fingerprint density at radius 1 is 1.23 bits per heavy atom. The molecule has 0 spiro atoms. The Bertz CT molecular complexity index is 861. The van der Waals surface area contributed by atoms with Gasteiger partial charge in [0.2, 0.25) is 0 Å². The van der Waals surface area contributed by atoms with Gasteiger partial charge >= 0.3 is 0 Å². The van der Waals surface area contributed by atoms with E-state index in [0.717, 1.165) is 33.0 Å². The van der Waals surface area contributed by atoms with Crippen molar-refractivity contribution < 1.29 is 9.47 Å². The maximum Gasteiger partial charge on any atom is 0.185 e. The van der Waals surface area contributed by atoms with Crippen molar-refractivity contribution in [3.63, 3.8) is 0 Å². The second kappa shape index (κ2) is 7.26. The Balaban J connectivity index is 1.69. The zero-order valence-electron chi connectivity index (χ0n) is 14.4. The fourth-order valence-electron chi connectivity index (χ4n) is 2.95. The van der Waals surface area contributed by atoms with Crippen LogP contribution in [0.15, 0.2) is 57.1 Å². The van der Waals surface area contributed by atoms with E-state index in [-0.39, 0.29) is 0 Å². The van der Waals surface area contributed by atoms with E-state index in [1.807, 2.05) is 43.3 Å². The van der Waals surface area contributed by atoms with E-state index in [1.165, 1.54) is 0 Å². The standard InChI is InChI=1S/C19H19BrN4O2/c1-19(25-8-9-26-19)12-23-17-11-22-18(16-4-2-3-7-21-16)14-10-13(20)5-6-15(14)24-17/h2-7,10H,8-9,11-12H2,1H3,(H,23,24). The average Bonchev–Trinajstić information content (AvgIpc) is 3.00. The minimum absolute atomic E-state index is 0.426. The van der Waals surface area contributed by atoms with Gasteiger partial charge < -0.3 is 14.8 Å². The molecule has 0 bridgehead atoms. The number of halogens is 1. The van der Waals surface area contributed by atoms with E-state index in [9.17, 15) is 0 Å². The van der Waals surface area contributed by atoms with Crippen LogP contribution in [0.3, 0.4) is 0 Å². The molecule has 1 saturated heterocycles. The molecule has 0 amide bonds. The molecule has 0 radical (unpaired) electrons. The number of aliphatic imine (C=N–C) groups is 2. The van der Waals surface area contributed by atoms with Crippen molar-refractivity contribution in [1.29, 1.82) is 0 Å². The summed E-state index contributed by atoms with van der Waals surface area (Å²) < 4.78 is 12.2. The molecule has 134 valence electrons. The lowest BCUT2D eigenvalue weighted by atomic mass is 10.0. The Labute approximate surface area is 160 Å². The lowest BCUT2D eigenvalue weighted by Crippen LogP contribution is -2.31. The molecule has 0 atom stereocenters. The first-order valence-corrected chi connectivity index (χ1v) is 9.26. The Kier molecular flexibility index (Phi) is 4.84. The van der Waals surface area contributed by atoms with Gasteiger partial charge in [-0.05, 0) is 37.3 Å². The summed E-state index contributed by atoms with van der Waals surface area (Å²) >= 11 is 3.55. The van der Waals surface area contributed by atoms with Crippen molar-refractivity contribution in [3.8, 4) is 0 Å². The summed E-state index contributed by atoms with van der Waals surface area (Å²) in [5.41, 5.74) is 3.62. The fourth-order valence-corrected chi connectivity index (χ4v) is 3.32. The van der Waals surface area contributed by atoms with E-state index in [1.54, 1.807) is 6.20 Å². The van der Waals surface area contributed by atoms with E-state index in [2.05, 4.69) is 31.2 Å². The number of hydrogen-bond acceptors (Lipinski definition) is 5. The van der Waals surface area contributed by atoms with Crippen LogP contribution in [0.25, 0.3) is 0 Å². The molecule has 1 aromatic heterocycles. The van der Waals surface area contributed by atoms with E-state index >= 15 is 0 Å². The van der Waals surface area contributed by atoms with Gasteiger partial charge in [-0.1, -0.05) is 22.0 Å². The van der Waals surface area contributed by atoms with Gasteiger partial charge in [-0.3, -0.25) is 15.0 Å². The van der Waals surface area contributed by atoms with Crippen LogP contribution in [0.5, 0.6) is 0 Å². The zero-order chi connectivity index (χ0) is 18.0. The van der Waals surface area contributed by atoms with Crippen LogP contribution in [0.2, 0.25) is 0 Å². The lowest BCUT2D eigenvalue weighted by molar-refractivity contribution is -0.132. The SMILES string of the molecule is CC1(CN=C2CN=C(c3ccccn3)c3cc(Br)ccc3N2)OCCO1. The number of anilines is 1. The highest BCUT2D eigenvalue weighted by Crippen LogP contribution is 2.26. The molecular formula is C19H19BrN4O2. The summed E-state index contributed by atoms with van der Waals surface area (Å²) in [6, 6.07) is 11.9. The molecule has 1 N–H and O–H groups in total. The van der Waals surface area contributed by atoms with E-state index in [0.29, 0.717) is 26.3 Å². The van der Waals surface area contributed by atoms with Crippen LogP contribution < -0.4 is 5.32 Å². The highest BCUT2D eigenvalue weighted by molar-refractivity contribution is 9.10. The number of nitrogens with zero attached hydrogens (tertiary/aromatic N) is 3. The van der Waals surface area contributed by atoms with Crippen LogP contribution in [-0.2, 0) is 9.47 Å². The molecule has 26 heavy (non-hydrogen) atoms. The van der Waals surface area contributed by atoms with Crippen LogP contribution >= 0.6 is 15.9 Å².